The van der Waals surface area contributed by atoms with Crippen LogP contribution in [-0.2, 0) is 0 Å². The number of rotatable bonds is 4. The van der Waals surface area contributed by atoms with E-state index in [1.165, 1.54) is 12.1 Å². The predicted octanol–water partition coefficient (Wildman–Crippen LogP) is 0.769. The van der Waals surface area contributed by atoms with Crippen LogP contribution in [0.25, 0.3) is 0 Å². The quantitative estimate of drug-likeness (QED) is 0.831. The van der Waals surface area contributed by atoms with E-state index < -0.39 is 0 Å². The molecule has 16 heavy (non-hydrogen) atoms. The summed E-state index contributed by atoms with van der Waals surface area (Å²) in [6.07, 6.45) is 2.12. The van der Waals surface area contributed by atoms with Crippen molar-refractivity contribution in [1.29, 1.82) is 0 Å². The molecular formula is C10H12BrN3O2. The minimum atomic E-state index is -0.296. The molecule has 0 saturated heterocycles. The highest BCUT2D eigenvalue weighted by atomic mass is 79.9. The minimum absolute atomic E-state index is 0.113. The van der Waals surface area contributed by atoms with E-state index in [0.717, 1.165) is 18.2 Å². The number of aromatic nitrogens is 2. The molecule has 86 valence electrons. The second-order valence-electron chi connectivity index (χ2n) is 3.73. The van der Waals surface area contributed by atoms with Gasteiger partial charge in [0.25, 0.3) is 11.5 Å². The standard InChI is InChI=1S/C10H12BrN3O2/c11-5-6-14(7-1-2-7)10(16)8-3-4-9(15)13-12-8/h3-4,7H,1-2,5-6H2,(H,13,15). The summed E-state index contributed by atoms with van der Waals surface area (Å²) in [4.78, 5) is 24.7. The second-order valence-corrected chi connectivity index (χ2v) is 4.52. The van der Waals surface area contributed by atoms with Crippen LogP contribution in [0.5, 0.6) is 0 Å². The molecule has 0 bridgehead atoms. The molecule has 1 aromatic heterocycles. The van der Waals surface area contributed by atoms with Crippen molar-refractivity contribution in [2.75, 3.05) is 11.9 Å². The Balaban J connectivity index is 2.15. The fraction of sp³-hybridized carbons (Fsp3) is 0.500. The first-order valence-electron chi connectivity index (χ1n) is 5.15. The van der Waals surface area contributed by atoms with Gasteiger partial charge in [0.2, 0.25) is 0 Å². The van der Waals surface area contributed by atoms with Crippen molar-refractivity contribution in [2.45, 2.75) is 18.9 Å². The van der Waals surface area contributed by atoms with Gasteiger partial charge in [0.1, 0.15) is 5.69 Å². The molecule has 1 N–H and O–H groups in total. The number of amides is 1. The number of nitrogens with zero attached hydrogens (tertiary/aromatic N) is 2. The number of carbonyl (C=O) groups excluding carboxylic acids is 1. The molecule has 0 radical (unpaired) electrons. The van der Waals surface area contributed by atoms with Gasteiger partial charge in [0.05, 0.1) is 0 Å². The van der Waals surface area contributed by atoms with Gasteiger partial charge in [0.15, 0.2) is 0 Å². The van der Waals surface area contributed by atoms with E-state index >= 15 is 0 Å². The van der Waals surface area contributed by atoms with Crippen molar-refractivity contribution in [3.05, 3.63) is 28.2 Å². The molecule has 0 spiro atoms. The van der Waals surface area contributed by atoms with E-state index in [9.17, 15) is 9.59 Å². The molecule has 1 aromatic rings. The van der Waals surface area contributed by atoms with Crippen LogP contribution < -0.4 is 5.56 Å². The second kappa shape index (κ2) is 4.78. The molecule has 0 atom stereocenters. The molecular weight excluding hydrogens is 274 g/mol. The first kappa shape index (κ1) is 11.3. The first-order chi connectivity index (χ1) is 7.72. The van der Waals surface area contributed by atoms with Crippen LogP contribution in [-0.4, -0.2) is 38.9 Å². The summed E-state index contributed by atoms with van der Waals surface area (Å²) in [5.74, 6) is -0.113. The molecule has 1 aliphatic carbocycles. The summed E-state index contributed by atoms with van der Waals surface area (Å²) in [5, 5.41) is 6.77. The summed E-state index contributed by atoms with van der Waals surface area (Å²) < 4.78 is 0. The lowest BCUT2D eigenvalue weighted by atomic mass is 10.3. The van der Waals surface area contributed by atoms with Crippen LogP contribution in [0, 0.1) is 0 Å². The third kappa shape index (κ3) is 2.49. The average Bonchev–Trinajstić information content (AvgIpc) is 3.10. The molecule has 2 rings (SSSR count). The fourth-order valence-corrected chi connectivity index (χ4v) is 1.92. The summed E-state index contributed by atoms with van der Waals surface area (Å²) in [5.41, 5.74) is 0.00228. The molecule has 5 nitrogen and oxygen atoms in total. The average molecular weight is 286 g/mol. The van der Waals surface area contributed by atoms with Crippen molar-refractivity contribution in [1.82, 2.24) is 15.1 Å². The van der Waals surface area contributed by atoms with Gasteiger partial charge in [-0.3, -0.25) is 9.59 Å². The lowest BCUT2D eigenvalue weighted by Gasteiger charge is -2.20. The van der Waals surface area contributed by atoms with E-state index in [1.807, 2.05) is 0 Å². The minimum Gasteiger partial charge on any atom is -0.333 e. The number of aromatic amines is 1. The van der Waals surface area contributed by atoms with Crippen molar-refractivity contribution in [3.63, 3.8) is 0 Å². The summed E-state index contributed by atoms with van der Waals surface area (Å²) >= 11 is 3.33. The Labute approximate surface area is 101 Å². The highest BCUT2D eigenvalue weighted by Crippen LogP contribution is 2.27. The normalized spacial score (nSPS) is 14.8. The van der Waals surface area contributed by atoms with Crippen LogP contribution >= 0.6 is 15.9 Å². The molecule has 1 amide bonds. The Morgan fingerprint density at radius 1 is 1.56 bits per heavy atom. The Kier molecular flexibility index (Phi) is 3.38. The van der Waals surface area contributed by atoms with E-state index in [4.69, 9.17) is 0 Å². The lowest BCUT2D eigenvalue weighted by molar-refractivity contribution is 0.0747. The lowest BCUT2D eigenvalue weighted by Crippen LogP contribution is -2.35. The molecule has 0 unspecified atom stereocenters. The smallest absolute Gasteiger partial charge is 0.274 e. The molecule has 1 heterocycles. The SMILES string of the molecule is O=C(c1ccc(=O)[nH]n1)N(CCBr)C1CC1. The maximum atomic E-state index is 12.0. The highest BCUT2D eigenvalue weighted by molar-refractivity contribution is 9.09. The van der Waals surface area contributed by atoms with Gasteiger partial charge in [-0.05, 0) is 18.9 Å². The molecule has 0 aromatic carbocycles. The van der Waals surface area contributed by atoms with Crippen molar-refractivity contribution < 1.29 is 4.79 Å². The number of H-pyrrole nitrogens is 1. The molecule has 6 heteroatoms. The van der Waals surface area contributed by atoms with Gasteiger partial charge in [-0.25, -0.2) is 5.10 Å². The number of halogens is 1. The molecule has 1 fully saturated rings. The van der Waals surface area contributed by atoms with Gasteiger partial charge in [0, 0.05) is 24.0 Å². The maximum Gasteiger partial charge on any atom is 0.274 e. The van der Waals surface area contributed by atoms with Crippen molar-refractivity contribution in [3.8, 4) is 0 Å². The first-order valence-corrected chi connectivity index (χ1v) is 6.27. The Morgan fingerprint density at radius 2 is 2.31 bits per heavy atom. The molecule has 1 aliphatic rings. The fourth-order valence-electron chi connectivity index (χ4n) is 1.54. The topological polar surface area (TPSA) is 66.1 Å². The number of hydrogen-bond acceptors (Lipinski definition) is 3. The Hall–Kier alpha value is -1.17. The highest BCUT2D eigenvalue weighted by Gasteiger charge is 2.33. The Bertz CT molecular complexity index is 421. The van der Waals surface area contributed by atoms with E-state index in [-0.39, 0.29) is 11.5 Å². The van der Waals surface area contributed by atoms with Crippen molar-refractivity contribution in [2.24, 2.45) is 0 Å². The summed E-state index contributed by atoms with van der Waals surface area (Å²) in [6.45, 7) is 0.671. The summed E-state index contributed by atoms with van der Waals surface area (Å²) in [7, 11) is 0. The Morgan fingerprint density at radius 3 is 2.81 bits per heavy atom. The monoisotopic (exact) mass is 285 g/mol. The maximum absolute atomic E-state index is 12.0. The van der Waals surface area contributed by atoms with Gasteiger partial charge < -0.3 is 4.90 Å². The molecule has 1 saturated carbocycles. The third-order valence-electron chi connectivity index (χ3n) is 2.47. The van der Waals surface area contributed by atoms with Crippen LogP contribution in [0.4, 0.5) is 0 Å². The molecule has 0 aliphatic heterocycles. The van der Waals surface area contributed by atoms with Crippen LogP contribution in [0.3, 0.4) is 0 Å². The van der Waals surface area contributed by atoms with Gasteiger partial charge in [-0.1, -0.05) is 15.9 Å². The number of alkyl halides is 1. The van der Waals surface area contributed by atoms with E-state index in [2.05, 4.69) is 26.1 Å². The summed E-state index contributed by atoms with van der Waals surface area (Å²) in [6, 6.07) is 3.13. The van der Waals surface area contributed by atoms with E-state index in [1.54, 1.807) is 4.90 Å². The number of hydrogen-bond donors (Lipinski definition) is 1. The zero-order valence-corrected chi connectivity index (χ0v) is 10.2. The third-order valence-corrected chi connectivity index (χ3v) is 2.83. The predicted molar refractivity (Wildman–Crippen MR) is 62.7 cm³/mol. The van der Waals surface area contributed by atoms with Crippen molar-refractivity contribution >= 4 is 21.8 Å². The van der Waals surface area contributed by atoms with Gasteiger partial charge >= 0.3 is 0 Å². The van der Waals surface area contributed by atoms with Gasteiger partial charge in [-0.15, -0.1) is 0 Å². The van der Waals surface area contributed by atoms with Crippen LogP contribution in [0.1, 0.15) is 23.3 Å². The van der Waals surface area contributed by atoms with Crippen LogP contribution in [0.15, 0.2) is 16.9 Å². The van der Waals surface area contributed by atoms with Gasteiger partial charge in [-0.2, -0.15) is 5.10 Å². The zero-order chi connectivity index (χ0) is 11.5. The van der Waals surface area contributed by atoms with Crippen LogP contribution in [0.2, 0.25) is 0 Å². The van der Waals surface area contributed by atoms with E-state index in [0.29, 0.717) is 18.3 Å². The number of carbonyl (C=O) groups is 1. The largest absolute Gasteiger partial charge is 0.333 e. The zero-order valence-electron chi connectivity index (χ0n) is 8.65. The number of nitrogens with one attached hydrogen (secondary N) is 1.